The number of rotatable bonds is 0. The van der Waals surface area contributed by atoms with Crippen molar-refractivity contribution >= 4 is 21.8 Å². The second-order valence-electron chi connectivity index (χ2n) is 2.76. The number of benzene rings is 1. The molecule has 1 aromatic carbocycles. The zero-order valence-corrected chi connectivity index (χ0v) is 7.97. The summed E-state index contributed by atoms with van der Waals surface area (Å²) in [6.07, 6.45) is 0.453. The lowest BCUT2D eigenvalue weighted by Crippen LogP contribution is -2.24. The van der Waals surface area contributed by atoms with Gasteiger partial charge < -0.3 is 10.1 Å². The van der Waals surface area contributed by atoms with Gasteiger partial charge in [0.05, 0.1) is 6.54 Å². The Hall–Kier alpha value is -0.830. The van der Waals surface area contributed by atoms with Gasteiger partial charge in [-0.3, -0.25) is 0 Å². The Bertz CT molecular complexity index is 346. The van der Waals surface area contributed by atoms with Crippen molar-refractivity contribution in [3.63, 3.8) is 0 Å². The molecule has 0 radical (unpaired) electrons. The van der Waals surface area contributed by atoms with Gasteiger partial charge in [-0.2, -0.15) is 0 Å². The van der Waals surface area contributed by atoms with Gasteiger partial charge in [0.25, 0.3) is 0 Å². The van der Waals surface area contributed by atoms with E-state index in [4.69, 9.17) is 0 Å². The monoisotopic (exact) mass is 224 g/mol. The molecule has 2 nitrogen and oxygen atoms in total. The molecule has 0 atom stereocenters. The molecule has 3 heteroatoms. The fourth-order valence-corrected chi connectivity index (χ4v) is 1.86. The Labute approximate surface area is 79.1 Å². The number of hydrogen-bond acceptors (Lipinski definition) is 2. The van der Waals surface area contributed by atoms with Crippen molar-refractivity contribution in [2.75, 3.05) is 0 Å². The Kier molecular flexibility index (Phi) is 1.89. The minimum Gasteiger partial charge on any atom is -0.862 e. The summed E-state index contributed by atoms with van der Waals surface area (Å²) >= 11 is 3.43. The largest absolute Gasteiger partial charge is 0.862 e. The molecule has 0 aliphatic carbocycles. The van der Waals surface area contributed by atoms with Gasteiger partial charge in [-0.1, -0.05) is 28.1 Å². The van der Waals surface area contributed by atoms with E-state index in [1.54, 1.807) is 0 Å². The molecule has 0 aromatic heterocycles. The minimum absolute atomic E-state index is 0.0133. The molecule has 0 saturated carbocycles. The number of nitrogens with zero attached hydrogens (tertiary/aromatic N) is 1. The van der Waals surface area contributed by atoms with Crippen molar-refractivity contribution in [2.24, 2.45) is 4.99 Å². The Morgan fingerprint density at radius 2 is 2.25 bits per heavy atom. The van der Waals surface area contributed by atoms with Gasteiger partial charge in [-0.15, -0.1) is 0 Å². The van der Waals surface area contributed by atoms with Crippen LogP contribution in [0.2, 0.25) is 0 Å². The van der Waals surface area contributed by atoms with Crippen molar-refractivity contribution < 1.29 is 5.11 Å². The summed E-state index contributed by atoms with van der Waals surface area (Å²) in [6, 6.07) is 5.90. The van der Waals surface area contributed by atoms with E-state index < -0.39 is 0 Å². The molecular formula is C9H7BrNO-. The quantitative estimate of drug-likeness (QED) is 0.654. The van der Waals surface area contributed by atoms with E-state index >= 15 is 0 Å². The summed E-state index contributed by atoms with van der Waals surface area (Å²) < 4.78 is 1.05. The molecule has 0 N–H and O–H groups in total. The highest BCUT2D eigenvalue weighted by molar-refractivity contribution is 9.10. The van der Waals surface area contributed by atoms with E-state index in [2.05, 4.69) is 20.9 Å². The van der Waals surface area contributed by atoms with Crippen LogP contribution >= 0.6 is 15.9 Å². The van der Waals surface area contributed by atoms with Gasteiger partial charge in [-0.25, -0.2) is 0 Å². The fourth-order valence-electron chi connectivity index (χ4n) is 1.33. The van der Waals surface area contributed by atoms with Gasteiger partial charge in [0.2, 0.25) is 0 Å². The van der Waals surface area contributed by atoms with E-state index in [1.807, 2.05) is 18.2 Å². The molecular weight excluding hydrogens is 218 g/mol. The lowest BCUT2D eigenvalue weighted by molar-refractivity contribution is -0.218. The molecule has 0 fully saturated rings. The van der Waals surface area contributed by atoms with E-state index in [0.29, 0.717) is 13.0 Å². The van der Waals surface area contributed by atoms with Crippen molar-refractivity contribution in [1.29, 1.82) is 0 Å². The Morgan fingerprint density at radius 1 is 1.42 bits per heavy atom. The second kappa shape index (κ2) is 2.90. The third kappa shape index (κ3) is 1.25. The standard InChI is InChI=1S/C9H8BrNO/c10-8-3-1-2-6-4-9(12)11-5-7(6)8/h1-3H,4-5H2,(H,11,12)/p-1. The zero-order valence-electron chi connectivity index (χ0n) is 6.38. The van der Waals surface area contributed by atoms with Crippen LogP contribution in [0.15, 0.2) is 27.7 Å². The maximum atomic E-state index is 11.0. The average Bonchev–Trinajstić information content (AvgIpc) is 2.04. The van der Waals surface area contributed by atoms with Crippen LogP contribution in [-0.2, 0) is 13.0 Å². The van der Waals surface area contributed by atoms with Crippen molar-refractivity contribution in [2.45, 2.75) is 13.0 Å². The Balaban J connectivity index is 2.49. The maximum Gasteiger partial charge on any atom is 0.0642 e. The van der Waals surface area contributed by atoms with Crippen molar-refractivity contribution in [3.8, 4) is 0 Å². The number of fused-ring (bicyclic) bond motifs is 1. The number of hydrogen-bond donors (Lipinski definition) is 0. The third-order valence-corrected chi connectivity index (χ3v) is 2.71. The molecule has 12 heavy (non-hydrogen) atoms. The highest BCUT2D eigenvalue weighted by Crippen LogP contribution is 2.24. The summed E-state index contributed by atoms with van der Waals surface area (Å²) in [6.45, 7) is 0.523. The summed E-state index contributed by atoms with van der Waals surface area (Å²) in [5, 5.41) is 11.0. The van der Waals surface area contributed by atoms with Gasteiger partial charge in [0.15, 0.2) is 0 Å². The van der Waals surface area contributed by atoms with Crippen LogP contribution in [0.4, 0.5) is 0 Å². The normalized spacial score (nSPS) is 15.2. The van der Waals surface area contributed by atoms with Crippen molar-refractivity contribution in [3.05, 3.63) is 33.8 Å². The Morgan fingerprint density at radius 3 is 3.08 bits per heavy atom. The van der Waals surface area contributed by atoms with Crippen LogP contribution in [0, 0.1) is 0 Å². The molecule has 0 amide bonds. The second-order valence-corrected chi connectivity index (χ2v) is 3.62. The summed E-state index contributed by atoms with van der Waals surface area (Å²) in [5.41, 5.74) is 2.25. The van der Waals surface area contributed by atoms with Gasteiger partial charge in [0.1, 0.15) is 0 Å². The molecule has 62 valence electrons. The highest BCUT2D eigenvalue weighted by atomic mass is 79.9. The molecule has 1 heterocycles. The van der Waals surface area contributed by atoms with E-state index in [1.165, 1.54) is 0 Å². The van der Waals surface area contributed by atoms with Gasteiger partial charge >= 0.3 is 0 Å². The molecule has 1 aromatic rings. The SMILES string of the molecule is [O-]C1=NCc2c(Br)cccc2C1. The van der Waals surface area contributed by atoms with Crippen LogP contribution in [0.3, 0.4) is 0 Å². The molecule has 0 bridgehead atoms. The molecule has 0 saturated heterocycles. The maximum absolute atomic E-state index is 11.0. The first-order chi connectivity index (χ1) is 5.77. The molecule has 1 aliphatic heterocycles. The summed E-state index contributed by atoms with van der Waals surface area (Å²) in [5.74, 6) is -0.0133. The molecule has 0 unspecified atom stereocenters. The van der Waals surface area contributed by atoms with Gasteiger partial charge in [-0.05, 0) is 23.1 Å². The smallest absolute Gasteiger partial charge is 0.0642 e. The first-order valence-electron chi connectivity index (χ1n) is 3.74. The van der Waals surface area contributed by atoms with Crippen LogP contribution < -0.4 is 5.11 Å². The van der Waals surface area contributed by atoms with E-state index in [0.717, 1.165) is 15.6 Å². The average molecular weight is 225 g/mol. The number of halogens is 1. The lowest BCUT2D eigenvalue weighted by Gasteiger charge is -2.19. The summed E-state index contributed by atoms with van der Waals surface area (Å²) in [4.78, 5) is 3.86. The van der Waals surface area contributed by atoms with Gasteiger partial charge in [0, 0.05) is 10.9 Å². The van der Waals surface area contributed by atoms with Crippen LogP contribution in [0.1, 0.15) is 11.1 Å². The van der Waals surface area contributed by atoms with E-state index in [-0.39, 0.29) is 5.90 Å². The third-order valence-electron chi connectivity index (χ3n) is 1.97. The fraction of sp³-hybridized carbons (Fsp3) is 0.222. The van der Waals surface area contributed by atoms with Crippen LogP contribution in [0.25, 0.3) is 0 Å². The molecule has 2 rings (SSSR count). The number of aliphatic imine (C=N–C) groups is 1. The lowest BCUT2D eigenvalue weighted by atomic mass is 10.0. The predicted octanol–water partition coefficient (Wildman–Crippen LogP) is 1.26. The highest BCUT2D eigenvalue weighted by Gasteiger charge is 2.09. The van der Waals surface area contributed by atoms with E-state index in [9.17, 15) is 5.11 Å². The first kappa shape index (κ1) is 7.80. The van der Waals surface area contributed by atoms with Crippen molar-refractivity contribution in [1.82, 2.24) is 0 Å². The molecule has 0 spiro atoms. The minimum atomic E-state index is -0.0133. The van der Waals surface area contributed by atoms with Crippen LogP contribution in [0.5, 0.6) is 0 Å². The first-order valence-corrected chi connectivity index (χ1v) is 4.53. The van der Waals surface area contributed by atoms with Crippen LogP contribution in [-0.4, -0.2) is 5.90 Å². The predicted molar refractivity (Wildman–Crippen MR) is 49.0 cm³/mol. The topological polar surface area (TPSA) is 35.4 Å². The molecule has 1 aliphatic rings. The zero-order chi connectivity index (χ0) is 8.55. The summed E-state index contributed by atoms with van der Waals surface area (Å²) in [7, 11) is 0.